The lowest BCUT2D eigenvalue weighted by atomic mass is 10.2. The van der Waals surface area contributed by atoms with Gasteiger partial charge >= 0.3 is 0 Å². The van der Waals surface area contributed by atoms with Gasteiger partial charge in [0.05, 0.1) is 26.9 Å². The molecule has 0 saturated heterocycles. The van der Waals surface area contributed by atoms with Crippen LogP contribution >= 0.6 is 22.9 Å². The van der Waals surface area contributed by atoms with Crippen molar-refractivity contribution in [1.29, 1.82) is 0 Å². The minimum atomic E-state index is -0.172. The Hall–Kier alpha value is -2.11. The summed E-state index contributed by atoms with van der Waals surface area (Å²) in [5, 5.41) is 2.89. The molecule has 1 amide bonds. The zero-order valence-electron chi connectivity index (χ0n) is 10.3. The van der Waals surface area contributed by atoms with Crippen LogP contribution in [0.1, 0.15) is 9.67 Å². The number of para-hydroxylation sites is 2. The van der Waals surface area contributed by atoms with E-state index in [9.17, 15) is 4.79 Å². The van der Waals surface area contributed by atoms with Crippen molar-refractivity contribution in [3.8, 4) is 5.69 Å². The Labute approximate surface area is 124 Å². The Balaban J connectivity index is 1.90. The van der Waals surface area contributed by atoms with Crippen LogP contribution in [0.2, 0.25) is 4.34 Å². The van der Waals surface area contributed by atoms with Crippen LogP contribution in [0.15, 0.2) is 55.1 Å². The number of thiophene rings is 1. The lowest BCUT2D eigenvalue weighted by Gasteiger charge is -2.10. The van der Waals surface area contributed by atoms with Gasteiger partial charge in [-0.3, -0.25) is 4.79 Å². The molecular weight excluding hydrogens is 294 g/mol. The van der Waals surface area contributed by atoms with Crippen molar-refractivity contribution in [3.05, 3.63) is 64.3 Å². The number of halogens is 1. The van der Waals surface area contributed by atoms with Crippen LogP contribution < -0.4 is 5.32 Å². The van der Waals surface area contributed by atoms with Gasteiger partial charge in [0.25, 0.3) is 5.91 Å². The van der Waals surface area contributed by atoms with E-state index in [2.05, 4.69) is 10.3 Å². The molecule has 0 aliphatic heterocycles. The molecule has 6 heteroatoms. The first kappa shape index (κ1) is 12.9. The number of aromatic nitrogens is 2. The molecule has 0 fully saturated rings. The van der Waals surface area contributed by atoms with Gasteiger partial charge in [-0.2, -0.15) is 0 Å². The molecule has 0 saturated carbocycles. The molecule has 0 bridgehead atoms. The van der Waals surface area contributed by atoms with Gasteiger partial charge in [-0.15, -0.1) is 11.3 Å². The number of anilines is 1. The first-order valence-corrected chi connectivity index (χ1v) is 7.07. The van der Waals surface area contributed by atoms with Crippen molar-refractivity contribution in [1.82, 2.24) is 9.55 Å². The molecule has 4 nitrogen and oxygen atoms in total. The highest BCUT2D eigenvalue weighted by atomic mass is 35.5. The van der Waals surface area contributed by atoms with Gasteiger partial charge in [0.15, 0.2) is 0 Å². The van der Waals surface area contributed by atoms with Crippen LogP contribution in [0.4, 0.5) is 5.69 Å². The summed E-state index contributed by atoms with van der Waals surface area (Å²) in [5.41, 5.74) is 1.58. The topological polar surface area (TPSA) is 46.9 Å². The maximum absolute atomic E-state index is 12.2. The second-order valence-corrected chi connectivity index (χ2v) is 5.76. The van der Waals surface area contributed by atoms with Gasteiger partial charge in [0.2, 0.25) is 0 Å². The molecule has 100 valence electrons. The summed E-state index contributed by atoms with van der Waals surface area (Å²) in [6, 6.07) is 11.0. The second-order valence-electron chi connectivity index (χ2n) is 4.04. The van der Waals surface area contributed by atoms with Gasteiger partial charge in [0.1, 0.15) is 0 Å². The third-order valence-electron chi connectivity index (χ3n) is 2.73. The summed E-state index contributed by atoms with van der Waals surface area (Å²) in [6.45, 7) is 0. The van der Waals surface area contributed by atoms with Crippen molar-refractivity contribution >= 4 is 34.5 Å². The minimum Gasteiger partial charge on any atom is -0.319 e. The van der Waals surface area contributed by atoms with Crippen molar-refractivity contribution in [2.75, 3.05) is 5.32 Å². The maximum atomic E-state index is 12.2. The van der Waals surface area contributed by atoms with E-state index in [1.54, 1.807) is 24.7 Å². The van der Waals surface area contributed by atoms with Gasteiger partial charge in [0, 0.05) is 12.4 Å². The third-order valence-corrected chi connectivity index (χ3v) is 3.96. The summed E-state index contributed by atoms with van der Waals surface area (Å²) >= 11 is 7.10. The average molecular weight is 304 g/mol. The van der Waals surface area contributed by atoms with E-state index in [0.29, 0.717) is 9.21 Å². The van der Waals surface area contributed by atoms with Crippen molar-refractivity contribution < 1.29 is 4.79 Å². The standard InChI is InChI=1S/C14H10ClN3OS/c15-13-6-5-12(20-13)14(19)17-10-3-1-2-4-11(10)18-8-7-16-9-18/h1-9H,(H,17,19). The Morgan fingerprint density at radius 3 is 2.80 bits per heavy atom. The second kappa shape index (κ2) is 5.48. The van der Waals surface area contributed by atoms with Crippen LogP contribution in [0.3, 0.4) is 0 Å². The van der Waals surface area contributed by atoms with Gasteiger partial charge < -0.3 is 9.88 Å². The van der Waals surface area contributed by atoms with E-state index in [1.165, 1.54) is 11.3 Å². The Morgan fingerprint density at radius 1 is 1.25 bits per heavy atom. The number of hydrogen-bond donors (Lipinski definition) is 1. The molecule has 0 radical (unpaired) electrons. The largest absolute Gasteiger partial charge is 0.319 e. The monoisotopic (exact) mass is 303 g/mol. The molecule has 1 N–H and O–H groups in total. The van der Waals surface area contributed by atoms with Gasteiger partial charge in [-0.25, -0.2) is 4.98 Å². The number of hydrogen-bond acceptors (Lipinski definition) is 3. The molecule has 3 aromatic rings. The summed E-state index contributed by atoms with van der Waals surface area (Å²) in [7, 11) is 0. The van der Waals surface area contributed by atoms with Crippen LogP contribution in [0.5, 0.6) is 0 Å². The fraction of sp³-hybridized carbons (Fsp3) is 0. The number of carbonyl (C=O) groups excluding carboxylic acids is 1. The summed E-state index contributed by atoms with van der Waals surface area (Å²) in [5.74, 6) is -0.172. The molecule has 20 heavy (non-hydrogen) atoms. The minimum absolute atomic E-state index is 0.172. The van der Waals surface area contributed by atoms with Gasteiger partial charge in [-0.05, 0) is 24.3 Å². The highest BCUT2D eigenvalue weighted by Crippen LogP contribution is 2.24. The first-order chi connectivity index (χ1) is 9.74. The van der Waals surface area contributed by atoms with E-state index < -0.39 is 0 Å². The van der Waals surface area contributed by atoms with E-state index in [4.69, 9.17) is 11.6 Å². The summed E-state index contributed by atoms with van der Waals surface area (Å²) in [4.78, 5) is 16.8. The fourth-order valence-electron chi connectivity index (χ4n) is 1.83. The van der Waals surface area contributed by atoms with Crippen molar-refractivity contribution in [2.45, 2.75) is 0 Å². The SMILES string of the molecule is O=C(Nc1ccccc1-n1ccnc1)c1ccc(Cl)s1. The predicted molar refractivity (Wildman–Crippen MR) is 80.8 cm³/mol. The Kier molecular flexibility index (Phi) is 3.54. The number of rotatable bonds is 3. The van der Waals surface area contributed by atoms with Crippen LogP contribution in [0.25, 0.3) is 5.69 Å². The molecule has 0 aliphatic rings. The molecule has 0 spiro atoms. The maximum Gasteiger partial charge on any atom is 0.265 e. The third kappa shape index (κ3) is 2.59. The van der Waals surface area contributed by atoms with E-state index in [0.717, 1.165) is 11.4 Å². The number of amides is 1. The molecule has 2 aromatic heterocycles. The van der Waals surface area contributed by atoms with E-state index in [1.807, 2.05) is 35.0 Å². The molecule has 0 aliphatic carbocycles. The lowest BCUT2D eigenvalue weighted by molar-refractivity contribution is 0.103. The van der Waals surface area contributed by atoms with Gasteiger partial charge in [-0.1, -0.05) is 23.7 Å². The predicted octanol–water partition coefficient (Wildman–Crippen LogP) is 3.84. The molecular formula is C14H10ClN3OS. The number of nitrogens with one attached hydrogen (secondary N) is 1. The highest BCUT2D eigenvalue weighted by Gasteiger charge is 2.11. The smallest absolute Gasteiger partial charge is 0.265 e. The lowest BCUT2D eigenvalue weighted by Crippen LogP contribution is -2.12. The number of imidazole rings is 1. The molecule has 0 unspecified atom stereocenters. The summed E-state index contributed by atoms with van der Waals surface area (Å²) < 4.78 is 2.44. The average Bonchev–Trinajstić information content (AvgIpc) is 3.10. The molecule has 3 rings (SSSR count). The van der Waals surface area contributed by atoms with E-state index in [-0.39, 0.29) is 5.91 Å². The van der Waals surface area contributed by atoms with Crippen LogP contribution in [-0.4, -0.2) is 15.5 Å². The Bertz CT molecular complexity index is 736. The van der Waals surface area contributed by atoms with Crippen LogP contribution in [-0.2, 0) is 0 Å². The molecule has 1 aromatic carbocycles. The van der Waals surface area contributed by atoms with Crippen molar-refractivity contribution in [2.24, 2.45) is 0 Å². The quantitative estimate of drug-likeness (QED) is 0.799. The highest BCUT2D eigenvalue weighted by molar-refractivity contribution is 7.18. The molecule has 0 atom stereocenters. The zero-order chi connectivity index (χ0) is 13.9. The van der Waals surface area contributed by atoms with Crippen molar-refractivity contribution in [3.63, 3.8) is 0 Å². The number of benzene rings is 1. The number of nitrogens with zero attached hydrogens (tertiary/aromatic N) is 2. The zero-order valence-corrected chi connectivity index (χ0v) is 11.9. The number of carbonyl (C=O) groups is 1. The normalized spacial score (nSPS) is 10.4. The van der Waals surface area contributed by atoms with Crippen LogP contribution in [0, 0.1) is 0 Å². The summed E-state index contributed by atoms with van der Waals surface area (Å²) in [6.07, 6.45) is 5.21. The molecule has 2 heterocycles. The van der Waals surface area contributed by atoms with E-state index >= 15 is 0 Å². The first-order valence-electron chi connectivity index (χ1n) is 5.88. The Morgan fingerprint density at radius 2 is 2.10 bits per heavy atom. The fourth-order valence-corrected chi connectivity index (χ4v) is 2.76.